The number of amides is 2. The van der Waals surface area contributed by atoms with Gasteiger partial charge in [0.05, 0.1) is 29.3 Å². The number of hydrogen-bond acceptors (Lipinski definition) is 5. The second-order valence-corrected chi connectivity index (χ2v) is 10.8. The summed E-state index contributed by atoms with van der Waals surface area (Å²) in [5.41, 5.74) is 2.73. The van der Waals surface area contributed by atoms with Crippen molar-refractivity contribution in [1.29, 1.82) is 0 Å². The molecule has 0 spiro atoms. The van der Waals surface area contributed by atoms with Gasteiger partial charge in [0, 0.05) is 31.1 Å². The van der Waals surface area contributed by atoms with E-state index in [0.717, 1.165) is 12.8 Å². The van der Waals surface area contributed by atoms with Gasteiger partial charge in [0.2, 0.25) is 5.91 Å². The first-order valence-corrected chi connectivity index (χ1v) is 12.4. The first-order chi connectivity index (χ1) is 17.1. The minimum Gasteiger partial charge on any atom is -0.492 e. The molecule has 1 unspecified atom stereocenters. The van der Waals surface area contributed by atoms with Crippen LogP contribution in [0.3, 0.4) is 0 Å². The average Bonchev–Trinajstić information content (AvgIpc) is 3.51. The van der Waals surface area contributed by atoms with E-state index in [1.807, 2.05) is 13.8 Å². The predicted molar refractivity (Wildman–Crippen MR) is 134 cm³/mol. The Morgan fingerprint density at radius 3 is 2.67 bits per heavy atom. The highest BCUT2D eigenvalue weighted by Crippen LogP contribution is 2.39. The first-order valence-electron chi connectivity index (χ1n) is 12.4. The van der Waals surface area contributed by atoms with Crippen LogP contribution in [0.4, 0.5) is 4.39 Å². The minimum atomic E-state index is -0.404. The number of rotatable bonds is 6. The number of aromatic nitrogens is 3. The second kappa shape index (κ2) is 8.87. The first kappa shape index (κ1) is 24.2. The molecule has 9 heteroatoms. The van der Waals surface area contributed by atoms with Crippen molar-refractivity contribution in [3.05, 3.63) is 41.1 Å². The summed E-state index contributed by atoms with van der Waals surface area (Å²) in [6.07, 6.45) is 3.60. The third kappa shape index (κ3) is 4.31. The predicted octanol–water partition coefficient (Wildman–Crippen LogP) is 4.16. The molecule has 0 bridgehead atoms. The van der Waals surface area contributed by atoms with Crippen molar-refractivity contribution in [2.75, 3.05) is 19.7 Å². The lowest BCUT2D eigenvalue weighted by Crippen LogP contribution is -2.44. The number of carbonyl (C=O) groups is 2. The minimum absolute atomic E-state index is 0.0135. The molecular weight excluding hydrogens is 461 g/mol. The molecule has 190 valence electrons. The van der Waals surface area contributed by atoms with E-state index in [9.17, 15) is 9.59 Å². The van der Waals surface area contributed by atoms with Gasteiger partial charge in [-0.25, -0.2) is 14.4 Å². The number of fused-ring (bicyclic) bond motifs is 1. The SMILES string of the molecule is CC(=O)N1CC(NC(=O)c2c(C)[nH]c3c(-c4c(OCC5CC5)ccc(C)c4F)ncnc23)C(C)(C)C1. The average molecular weight is 494 g/mol. The standard InChI is InChI=1S/C27H32FN5O3/c1-14-6-9-18(36-11-17-7-8-17)21(22(14)28)24-25-23(29-13-30-24)20(15(2)31-25)26(35)32-19-10-33(16(3)34)12-27(19,4)5/h6,9,13,17,19,31H,7-8,10-12H2,1-5H3,(H,32,35). The highest BCUT2D eigenvalue weighted by Gasteiger charge is 2.41. The van der Waals surface area contributed by atoms with E-state index in [0.29, 0.717) is 64.9 Å². The zero-order chi connectivity index (χ0) is 25.8. The number of hydrogen-bond donors (Lipinski definition) is 2. The van der Waals surface area contributed by atoms with Gasteiger partial charge < -0.3 is 19.9 Å². The van der Waals surface area contributed by atoms with Crippen LogP contribution in [0.1, 0.15) is 55.2 Å². The largest absolute Gasteiger partial charge is 0.492 e. The van der Waals surface area contributed by atoms with Crippen LogP contribution >= 0.6 is 0 Å². The van der Waals surface area contributed by atoms with Crippen molar-refractivity contribution >= 4 is 22.8 Å². The van der Waals surface area contributed by atoms with Crippen molar-refractivity contribution in [3.63, 3.8) is 0 Å². The summed E-state index contributed by atoms with van der Waals surface area (Å²) in [4.78, 5) is 39.2. The molecule has 1 saturated heterocycles. The van der Waals surface area contributed by atoms with Crippen molar-refractivity contribution in [2.24, 2.45) is 11.3 Å². The highest BCUT2D eigenvalue weighted by atomic mass is 19.1. The summed E-state index contributed by atoms with van der Waals surface area (Å²) in [5.74, 6) is 0.232. The lowest BCUT2D eigenvalue weighted by atomic mass is 9.87. The number of nitrogens with zero attached hydrogens (tertiary/aromatic N) is 3. The van der Waals surface area contributed by atoms with E-state index in [-0.39, 0.29) is 28.8 Å². The molecule has 8 nitrogen and oxygen atoms in total. The highest BCUT2D eigenvalue weighted by molar-refractivity contribution is 6.09. The molecule has 2 amide bonds. The number of likely N-dealkylation sites (tertiary alicyclic amines) is 1. The Morgan fingerprint density at radius 2 is 2.00 bits per heavy atom. The molecule has 3 aromatic rings. The van der Waals surface area contributed by atoms with Crippen LogP contribution in [0.2, 0.25) is 0 Å². The summed E-state index contributed by atoms with van der Waals surface area (Å²) < 4.78 is 21.5. The van der Waals surface area contributed by atoms with Crippen molar-refractivity contribution in [2.45, 2.75) is 53.5 Å². The number of benzene rings is 1. The summed E-state index contributed by atoms with van der Waals surface area (Å²) >= 11 is 0. The summed E-state index contributed by atoms with van der Waals surface area (Å²) in [7, 11) is 0. The number of halogens is 1. The monoisotopic (exact) mass is 493 g/mol. The Kier molecular flexibility index (Phi) is 5.97. The van der Waals surface area contributed by atoms with E-state index in [1.165, 1.54) is 13.3 Å². The van der Waals surface area contributed by atoms with Gasteiger partial charge in [-0.3, -0.25) is 9.59 Å². The normalized spacial score (nSPS) is 19.1. The zero-order valence-corrected chi connectivity index (χ0v) is 21.4. The second-order valence-electron chi connectivity index (χ2n) is 10.8. The third-order valence-electron chi connectivity index (χ3n) is 7.40. The van der Waals surface area contributed by atoms with Crippen molar-refractivity contribution in [1.82, 2.24) is 25.2 Å². The van der Waals surface area contributed by atoms with Gasteiger partial charge >= 0.3 is 0 Å². The molecule has 1 aromatic carbocycles. The summed E-state index contributed by atoms with van der Waals surface area (Å²) in [6, 6.07) is 3.26. The van der Waals surface area contributed by atoms with Crippen LogP contribution in [-0.2, 0) is 4.79 Å². The fraction of sp³-hybridized carbons (Fsp3) is 0.481. The number of aromatic amines is 1. The quantitative estimate of drug-likeness (QED) is 0.537. The molecule has 2 fully saturated rings. The van der Waals surface area contributed by atoms with Crippen LogP contribution in [0.25, 0.3) is 22.3 Å². The lowest BCUT2D eigenvalue weighted by molar-refractivity contribution is -0.128. The molecule has 2 aromatic heterocycles. The molecule has 1 atom stereocenters. The third-order valence-corrected chi connectivity index (χ3v) is 7.40. The molecule has 1 aliphatic carbocycles. The zero-order valence-electron chi connectivity index (χ0n) is 21.4. The Morgan fingerprint density at radius 1 is 1.25 bits per heavy atom. The Labute approximate surface area is 209 Å². The molecule has 3 heterocycles. The molecule has 2 N–H and O–H groups in total. The van der Waals surface area contributed by atoms with Crippen LogP contribution < -0.4 is 10.1 Å². The number of ether oxygens (including phenoxy) is 1. The van der Waals surface area contributed by atoms with Gasteiger partial charge in [0.1, 0.15) is 29.1 Å². The van der Waals surface area contributed by atoms with Gasteiger partial charge in [0.25, 0.3) is 5.91 Å². The number of nitrogens with one attached hydrogen (secondary N) is 2. The molecule has 2 aliphatic rings. The number of aryl methyl sites for hydroxylation is 2. The van der Waals surface area contributed by atoms with Gasteiger partial charge in [-0.1, -0.05) is 19.9 Å². The van der Waals surface area contributed by atoms with Crippen LogP contribution in [-0.4, -0.2) is 57.4 Å². The van der Waals surface area contributed by atoms with E-state index >= 15 is 4.39 Å². The maximum absolute atomic E-state index is 15.5. The molecule has 36 heavy (non-hydrogen) atoms. The molecule has 0 radical (unpaired) electrons. The van der Waals surface area contributed by atoms with Gasteiger partial charge in [0.15, 0.2) is 0 Å². The van der Waals surface area contributed by atoms with E-state index in [4.69, 9.17) is 4.74 Å². The molecular formula is C27H32FN5O3. The Bertz CT molecular complexity index is 1360. The summed E-state index contributed by atoms with van der Waals surface area (Å²) in [6.45, 7) is 10.7. The lowest BCUT2D eigenvalue weighted by Gasteiger charge is -2.26. The smallest absolute Gasteiger partial charge is 0.255 e. The van der Waals surface area contributed by atoms with Gasteiger partial charge in [-0.15, -0.1) is 0 Å². The van der Waals surface area contributed by atoms with E-state index < -0.39 is 5.82 Å². The van der Waals surface area contributed by atoms with E-state index in [2.05, 4.69) is 20.3 Å². The van der Waals surface area contributed by atoms with Gasteiger partial charge in [-0.2, -0.15) is 0 Å². The number of carbonyl (C=O) groups excluding carboxylic acids is 2. The Balaban J connectivity index is 1.52. The molecule has 1 aliphatic heterocycles. The van der Waals surface area contributed by atoms with Crippen LogP contribution in [0, 0.1) is 31.0 Å². The van der Waals surface area contributed by atoms with Crippen LogP contribution in [0.5, 0.6) is 5.75 Å². The van der Waals surface area contributed by atoms with Crippen molar-refractivity contribution < 1.29 is 18.7 Å². The van der Waals surface area contributed by atoms with Gasteiger partial charge in [-0.05, 0) is 44.2 Å². The topological polar surface area (TPSA) is 100 Å². The maximum Gasteiger partial charge on any atom is 0.255 e. The fourth-order valence-electron chi connectivity index (χ4n) is 4.93. The van der Waals surface area contributed by atoms with E-state index in [1.54, 1.807) is 30.9 Å². The number of H-pyrrole nitrogens is 1. The Hall–Kier alpha value is -3.49. The molecule has 1 saturated carbocycles. The van der Waals surface area contributed by atoms with Crippen LogP contribution in [0.15, 0.2) is 18.5 Å². The molecule has 5 rings (SSSR count). The maximum atomic E-state index is 15.5. The summed E-state index contributed by atoms with van der Waals surface area (Å²) in [5, 5.41) is 3.11. The van der Waals surface area contributed by atoms with Crippen molar-refractivity contribution in [3.8, 4) is 17.0 Å². The fourth-order valence-corrected chi connectivity index (χ4v) is 4.93.